The molecular formula is C27H22ClN3O2S. The molecule has 1 aromatic heterocycles. The number of H-pyrrole nitrogens is 1. The Kier molecular flexibility index (Phi) is 6.18. The quantitative estimate of drug-likeness (QED) is 0.344. The highest BCUT2D eigenvalue weighted by Crippen LogP contribution is 2.42. The van der Waals surface area contributed by atoms with Gasteiger partial charge in [0.15, 0.2) is 0 Å². The Morgan fingerprint density at radius 1 is 1.12 bits per heavy atom. The van der Waals surface area contributed by atoms with Crippen LogP contribution in [0.3, 0.4) is 0 Å². The third-order valence-electron chi connectivity index (χ3n) is 5.86. The molecule has 0 fully saturated rings. The molecule has 4 aromatic rings. The number of rotatable bonds is 5. The van der Waals surface area contributed by atoms with Gasteiger partial charge in [0, 0.05) is 46.2 Å². The summed E-state index contributed by atoms with van der Waals surface area (Å²) in [5, 5.41) is 4.76. The summed E-state index contributed by atoms with van der Waals surface area (Å²) >= 11 is 7.65. The van der Waals surface area contributed by atoms with Gasteiger partial charge in [0.1, 0.15) is 0 Å². The normalized spacial score (nSPS) is 14.5. The van der Waals surface area contributed by atoms with Gasteiger partial charge in [-0.25, -0.2) is 0 Å². The molecule has 2 N–H and O–H groups in total. The molecule has 0 bridgehead atoms. The largest absolute Gasteiger partial charge is 0.361 e. The van der Waals surface area contributed by atoms with Crippen molar-refractivity contribution >= 4 is 57.8 Å². The minimum absolute atomic E-state index is 0.130. The molecular weight excluding hydrogens is 466 g/mol. The molecule has 0 saturated carbocycles. The summed E-state index contributed by atoms with van der Waals surface area (Å²) in [7, 11) is 1.72. The molecule has 0 atom stereocenters. The van der Waals surface area contributed by atoms with Gasteiger partial charge in [-0.2, -0.15) is 0 Å². The van der Waals surface area contributed by atoms with E-state index in [2.05, 4.69) is 16.4 Å². The van der Waals surface area contributed by atoms with Crippen LogP contribution in [0.15, 0.2) is 82.7 Å². The van der Waals surface area contributed by atoms with E-state index in [0.717, 1.165) is 28.1 Å². The van der Waals surface area contributed by atoms with Crippen molar-refractivity contribution in [3.63, 3.8) is 0 Å². The van der Waals surface area contributed by atoms with Crippen LogP contribution in [0.4, 0.5) is 5.69 Å². The van der Waals surface area contributed by atoms with E-state index in [-0.39, 0.29) is 11.8 Å². The molecule has 5 rings (SSSR count). The Hall–Kier alpha value is -3.48. The summed E-state index contributed by atoms with van der Waals surface area (Å²) in [6.07, 6.45) is 4.52. The van der Waals surface area contributed by atoms with Gasteiger partial charge in [-0.1, -0.05) is 59.8 Å². The summed E-state index contributed by atoms with van der Waals surface area (Å²) in [6, 6.07) is 21.0. The average molecular weight is 488 g/mol. The van der Waals surface area contributed by atoms with Gasteiger partial charge in [-0.15, -0.1) is 0 Å². The number of amides is 2. The van der Waals surface area contributed by atoms with E-state index in [0.29, 0.717) is 22.0 Å². The lowest BCUT2D eigenvalue weighted by molar-refractivity contribution is -0.114. The standard InChI is InChI=1S/C27H22ClN3O2S/c1-31-23-14-18(26(32)29-13-12-19-16-30-22-9-5-3-7-20(19)22)10-11-24(23)34-25(27(31)33)15-17-6-2-4-8-21(17)28/h2-11,14-16,30H,12-13H2,1H3,(H,29,32). The van der Waals surface area contributed by atoms with E-state index in [1.54, 1.807) is 36.2 Å². The molecule has 0 aliphatic carbocycles. The number of halogens is 1. The van der Waals surface area contributed by atoms with E-state index < -0.39 is 0 Å². The van der Waals surface area contributed by atoms with E-state index in [9.17, 15) is 9.59 Å². The zero-order chi connectivity index (χ0) is 23.7. The number of aromatic amines is 1. The molecule has 170 valence electrons. The van der Waals surface area contributed by atoms with Crippen molar-refractivity contribution in [2.24, 2.45) is 0 Å². The summed E-state index contributed by atoms with van der Waals surface area (Å²) in [6.45, 7) is 0.520. The first-order chi connectivity index (χ1) is 16.5. The van der Waals surface area contributed by atoms with Crippen molar-refractivity contribution < 1.29 is 9.59 Å². The Morgan fingerprint density at radius 3 is 2.76 bits per heavy atom. The first kappa shape index (κ1) is 22.3. The second-order valence-corrected chi connectivity index (χ2v) is 9.54. The number of nitrogens with one attached hydrogen (secondary N) is 2. The van der Waals surface area contributed by atoms with Crippen LogP contribution in [0, 0.1) is 0 Å². The van der Waals surface area contributed by atoms with Gasteiger partial charge in [-0.3, -0.25) is 9.59 Å². The average Bonchev–Trinajstić information content (AvgIpc) is 3.26. The molecule has 1 aliphatic rings. The topological polar surface area (TPSA) is 65.2 Å². The highest BCUT2D eigenvalue weighted by Gasteiger charge is 2.27. The highest BCUT2D eigenvalue weighted by atomic mass is 35.5. The lowest BCUT2D eigenvalue weighted by atomic mass is 10.1. The van der Waals surface area contributed by atoms with E-state index in [4.69, 9.17) is 11.6 Å². The van der Waals surface area contributed by atoms with Crippen LogP contribution >= 0.6 is 23.4 Å². The van der Waals surface area contributed by atoms with Crippen LogP contribution in [0.25, 0.3) is 17.0 Å². The number of carbonyl (C=O) groups is 2. The molecule has 2 amide bonds. The van der Waals surface area contributed by atoms with E-state index >= 15 is 0 Å². The first-order valence-electron chi connectivity index (χ1n) is 10.9. The molecule has 3 aromatic carbocycles. The molecule has 0 radical (unpaired) electrons. The number of para-hydroxylation sites is 1. The number of nitrogens with zero attached hydrogens (tertiary/aromatic N) is 1. The summed E-state index contributed by atoms with van der Waals surface area (Å²) < 4.78 is 0. The number of benzene rings is 3. The fourth-order valence-electron chi connectivity index (χ4n) is 4.02. The Bertz CT molecular complexity index is 1440. The maximum atomic E-state index is 13.0. The second-order valence-electron chi connectivity index (χ2n) is 8.04. The molecule has 0 saturated heterocycles. The van der Waals surface area contributed by atoms with Gasteiger partial charge in [0.25, 0.3) is 11.8 Å². The van der Waals surface area contributed by atoms with Gasteiger partial charge in [0.05, 0.1) is 10.6 Å². The lowest BCUT2D eigenvalue weighted by Crippen LogP contribution is -2.31. The van der Waals surface area contributed by atoms with Crippen LogP contribution in [-0.4, -0.2) is 30.4 Å². The van der Waals surface area contributed by atoms with Crippen LogP contribution in [0.2, 0.25) is 5.02 Å². The fourth-order valence-corrected chi connectivity index (χ4v) is 5.29. The molecule has 0 unspecified atom stereocenters. The third-order valence-corrected chi connectivity index (χ3v) is 7.29. The molecule has 2 heterocycles. The number of hydrogen-bond donors (Lipinski definition) is 2. The molecule has 34 heavy (non-hydrogen) atoms. The van der Waals surface area contributed by atoms with Gasteiger partial charge >= 0.3 is 0 Å². The maximum absolute atomic E-state index is 13.0. The Labute approximate surface area is 206 Å². The summed E-state index contributed by atoms with van der Waals surface area (Å²) in [5.41, 5.74) is 4.29. The summed E-state index contributed by atoms with van der Waals surface area (Å²) in [4.78, 5) is 32.1. The van der Waals surface area contributed by atoms with Gasteiger partial charge < -0.3 is 15.2 Å². The smallest absolute Gasteiger partial charge is 0.264 e. The van der Waals surface area contributed by atoms with Crippen molar-refractivity contribution in [3.05, 3.63) is 99.5 Å². The predicted molar refractivity (Wildman–Crippen MR) is 139 cm³/mol. The van der Waals surface area contributed by atoms with E-state index in [1.165, 1.54) is 22.7 Å². The van der Waals surface area contributed by atoms with Crippen molar-refractivity contribution in [1.82, 2.24) is 10.3 Å². The van der Waals surface area contributed by atoms with Crippen molar-refractivity contribution in [1.29, 1.82) is 0 Å². The van der Waals surface area contributed by atoms with Gasteiger partial charge in [0.2, 0.25) is 0 Å². The second kappa shape index (κ2) is 9.41. The molecule has 7 heteroatoms. The third kappa shape index (κ3) is 4.34. The van der Waals surface area contributed by atoms with Crippen molar-refractivity contribution in [2.45, 2.75) is 11.3 Å². The number of carbonyl (C=O) groups excluding carboxylic acids is 2. The van der Waals surface area contributed by atoms with Crippen LogP contribution < -0.4 is 10.2 Å². The zero-order valence-electron chi connectivity index (χ0n) is 18.5. The molecule has 5 nitrogen and oxygen atoms in total. The minimum atomic E-state index is -0.161. The monoisotopic (exact) mass is 487 g/mol. The number of thioether (sulfide) groups is 1. The fraction of sp³-hybridized carbons (Fsp3) is 0.111. The number of aromatic nitrogens is 1. The van der Waals surface area contributed by atoms with Gasteiger partial charge in [-0.05, 0) is 54.0 Å². The molecule has 0 spiro atoms. The predicted octanol–water partition coefficient (Wildman–Crippen LogP) is 5.90. The summed E-state index contributed by atoms with van der Waals surface area (Å²) in [5.74, 6) is -0.291. The lowest BCUT2D eigenvalue weighted by Gasteiger charge is -2.27. The first-order valence-corrected chi connectivity index (χ1v) is 12.1. The Balaban J connectivity index is 1.30. The molecule has 1 aliphatic heterocycles. The number of anilines is 1. The van der Waals surface area contributed by atoms with Crippen LogP contribution in [0.5, 0.6) is 0 Å². The van der Waals surface area contributed by atoms with Crippen molar-refractivity contribution in [2.75, 3.05) is 18.5 Å². The Morgan fingerprint density at radius 2 is 1.91 bits per heavy atom. The maximum Gasteiger partial charge on any atom is 0.264 e. The zero-order valence-corrected chi connectivity index (χ0v) is 20.0. The minimum Gasteiger partial charge on any atom is -0.361 e. The SMILES string of the molecule is CN1C(=O)C(=Cc2ccccc2Cl)Sc2ccc(C(=O)NCCc3c[nH]c4ccccc34)cc21. The highest BCUT2D eigenvalue weighted by molar-refractivity contribution is 8.04. The van der Waals surface area contributed by atoms with Crippen LogP contribution in [0.1, 0.15) is 21.5 Å². The number of fused-ring (bicyclic) bond motifs is 2. The van der Waals surface area contributed by atoms with E-state index in [1.807, 2.05) is 48.7 Å². The van der Waals surface area contributed by atoms with Crippen molar-refractivity contribution in [3.8, 4) is 0 Å². The number of likely N-dealkylation sites (N-methyl/N-ethyl adjacent to an activating group) is 1. The van der Waals surface area contributed by atoms with Crippen LogP contribution in [-0.2, 0) is 11.2 Å². The number of hydrogen-bond acceptors (Lipinski definition) is 3.